The molecule has 0 spiro atoms. The quantitative estimate of drug-likeness (QED) is 0.876. The molecule has 0 atom stereocenters. The lowest BCUT2D eigenvalue weighted by Crippen LogP contribution is -2.33. The first-order valence-electron chi connectivity index (χ1n) is 6.00. The zero-order valence-corrected chi connectivity index (χ0v) is 10.9. The lowest BCUT2D eigenvalue weighted by Gasteiger charge is -2.14. The second kappa shape index (κ2) is 5.14. The van der Waals surface area contributed by atoms with Crippen molar-refractivity contribution in [3.63, 3.8) is 0 Å². The molecule has 1 amide bonds. The number of aromatic amines is 1. The summed E-state index contributed by atoms with van der Waals surface area (Å²) in [6, 6.07) is 5.90. The van der Waals surface area contributed by atoms with Gasteiger partial charge in [-0.15, -0.1) is 0 Å². The van der Waals surface area contributed by atoms with E-state index in [-0.39, 0.29) is 18.9 Å². The number of nitrogens with one attached hydrogen (secondary N) is 1. The van der Waals surface area contributed by atoms with E-state index in [9.17, 15) is 9.59 Å². The Morgan fingerprint density at radius 2 is 2.11 bits per heavy atom. The summed E-state index contributed by atoms with van der Waals surface area (Å²) in [6.07, 6.45) is 2.01. The molecule has 0 aliphatic rings. The topological polar surface area (TPSA) is 73.4 Å². The summed E-state index contributed by atoms with van der Waals surface area (Å²) in [6.45, 7) is 1.71. The van der Waals surface area contributed by atoms with E-state index in [0.29, 0.717) is 0 Å². The van der Waals surface area contributed by atoms with Crippen LogP contribution in [-0.2, 0) is 16.0 Å². The molecule has 19 heavy (non-hydrogen) atoms. The van der Waals surface area contributed by atoms with Crippen molar-refractivity contribution in [1.29, 1.82) is 0 Å². The second-order valence-electron chi connectivity index (χ2n) is 4.63. The maximum Gasteiger partial charge on any atom is 0.323 e. The van der Waals surface area contributed by atoms with Gasteiger partial charge < -0.3 is 15.0 Å². The lowest BCUT2D eigenvalue weighted by molar-refractivity contribution is -0.143. The number of hydrogen-bond donors (Lipinski definition) is 2. The molecule has 0 radical (unpaired) electrons. The Labute approximate surface area is 110 Å². The number of hydrogen-bond acceptors (Lipinski definition) is 2. The number of aryl methyl sites for hydroxylation is 1. The minimum absolute atomic E-state index is 0.202. The van der Waals surface area contributed by atoms with E-state index in [4.69, 9.17) is 5.11 Å². The van der Waals surface area contributed by atoms with Crippen molar-refractivity contribution >= 4 is 22.8 Å². The third kappa shape index (κ3) is 2.76. The molecule has 0 fully saturated rings. The fraction of sp³-hybridized carbons (Fsp3) is 0.286. The first-order valence-corrected chi connectivity index (χ1v) is 6.00. The van der Waals surface area contributed by atoms with Crippen LogP contribution in [0.3, 0.4) is 0 Å². The fourth-order valence-electron chi connectivity index (χ4n) is 2.18. The van der Waals surface area contributed by atoms with Crippen LogP contribution < -0.4 is 0 Å². The van der Waals surface area contributed by atoms with Crippen molar-refractivity contribution in [3.05, 3.63) is 35.5 Å². The van der Waals surface area contributed by atoms with Crippen LogP contribution in [0.2, 0.25) is 0 Å². The van der Waals surface area contributed by atoms with Crippen LogP contribution in [0.25, 0.3) is 10.9 Å². The molecule has 1 aromatic carbocycles. The zero-order chi connectivity index (χ0) is 14.0. The van der Waals surface area contributed by atoms with Gasteiger partial charge in [0.2, 0.25) is 5.91 Å². The summed E-state index contributed by atoms with van der Waals surface area (Å²) in [7, 11) is 1.50. The number of fused-ring (bicyclic) bond motifs is 1. The highest BCUT2D eigenvalue weighted by molar-refractivity contribution is 5.91. The average Bonchev–Trinajstić information content (AvgIpc) is 2.73. The molecule has 1 aromatic heterocycles. The van der Waals surface area contributed by atoms with Crippen molar-refractivity contribution in [3.8, 4) is 0 Å². The first kappa shape index (κ1) is 13.1. The highest BCUT2D eigenvalue weighted by atomic mass is 16.4. The molecule has 0 saturated heterocycles. The third-order valence-corrected chi connectivity index (χ3v) is 3.14. The van der Waals surface area contributed by atoms with Crippen LogP contribution in [0.5, 0.6) is 0 Å². The first-order chi connectivity index (χ1) is 8.99. The van der Waals surface area contributed by atoms with Crippen LogP contribution >= 0.6 is 0 Å². The summed E-state index contributed by atoms with van der Waals surface area (Å²) in [5, 5.41) is 9.72. The lowest BCUT2D eigenvalue weighted by atomic mass is 10.1. The van der Waals surface area contributed by atoms with Crippen molar-refractivity contribution in [2.75, 3.05) is 13.6 Å². The monoisotopic (exact) mass is 260 g/mol. The van der Waals surface area contributed by atoms with Gasteiger partial charge >= 0.3 is 5.97 Å². The number of carboxylic acid groups (broad SMARTS) is 1. The maximum absolute atomic E-state index is 11.9. The Balaban J connectivity index is 2.22. The standard InChI is InChI=1S/C14H16N2O3/c1-9-4-3-5-11-14(9)10(7-15-11)6-12(17)16(2)8-13(18)19/h3-5,7,15H,6,8H2,1-2H3,(H,18,19). The summed E-state index contributed by atoms with van der Waals surface area (Å²) >= 11 is 0. The number of carbonyl (C=O) groups is 2. The maximum atomic E-state index is 11.9. The van der Waals surface area contributed by atoms with Crippen molar-refractivity contribution in [1.82, 2.24) is 9.88 Å². The molecule has 2 rings (SSSR count). The zero-order valence-electron chi connectivity index (χ0n) is 10.9. The minimum Gasteiger partial charge on any atom is -0.480 e. The van der Waals surface area contributed by atoms with Crippen LogP contribution in [-0.4, -0.2) is 40.5 Å². The van der Waals surface area contributed by atoms with Gasteiger partial charge in [-0.2, -0.15) is 0 Å². The molecule has 0 bridgehead atoms. The summed E-state index contributed by atoms with van der Waals surface area (Å²) in [5.41, 5.74) is 2.99. The molecule has 5 nitrogen and oxygen atoms in total. The van der Waals surface area contributed by atoms with Gasteiger partial charge in [0, 0.05) is 24.1 Å². The number of carboxylic acids is 1. The van der Waals surface area contributed by atoms with E-state index < -0.39 is 5.97 Å². The van der Waals surface area contributed by atoms with Gasteiger partial charge in [-0.3, -0.25) is 9.59 Å². The molecular formula is C14H16N2O3. The molecule has 0 aliphatic heterocycles. The third-order valence-electron chi connectivity index (χ3n) is 3.14. The van der Waals surface area contributed by atoms with E-state index in [2.05, 4.69) is 4.98 Å². The van der Waals surface area contributed by atoms with Gasteiger partial charge in [-0.1, -0.05) is 12.1 Å². The number of benzene rings is 1. The molecular weight excluding hydrogens is 244 g/mol. The van der Waals surface area contributed by atoms with Crippen LogP contribution in [0, 0.1) is 6.92 Å². The van der Waals surface area contributed by atoms with E-state index in [1.807, 2.05) is 31.3 Å². The Morgan fingerprint density at radius 1 is 1.37 bits per heavy atom. The van der Waals surface area contributed by atoms with Crippen LogP contribution in [0.15, 0.2) is 24.4 Å². The molecule has 1 heterocycles. The summed E-state index contributed by atoms with van der Waals surface area (Å²) < 4.78 is 0. The average molecular weight is 260 g/mol. The van der Waals surface area contributed by atoms with Gasteiger partial charge in [0.05, 0.1) is 6.42 Å². The Morgan fingerprint density at radius 3 is 2.79 bits per heavy atom. The van der Waals surface area contributed by atoms with E-state index in [1.165, 1.54) is 11.9 Å². The van der Waals surface area contributed by atoms with Gasteiger partial charge in [0.1, 0.15) is 6.54 Å². The van der Waals surface area contributed by atoms with E-state index >= 15 is 0 Å². The van der Waals surface area contributed by atoms with E-state index in [0.717, 1.165) is 22.0 Å². The number of aliphatic carboxylic acids is 1. The fourth-order valence-corrected chi connectivity index (χ4v) is 2.18. The normalized spacial score (nSPS) is 10.6. The Bertz CT molecular complexity index is 631. The van der Waals surface area contributed by atoms with Crippen LogP contribution in [0.4, 0.5) is 0 Å². The predicted molar refractivity (Wildman–Crippen MR) is 72.0 cm³/mol. The number of nitrogens with zero attached hydrogens (tertiary/aromatic N) is 1. The van der Waals surface area contributed by atoms with Crippen LogP contribution in [0.1, 0.15) is 11.1 Å². The molecule has 0 aliphatic carbocycles. The number of amides is 1. The van der Waals surface area contributed by atoms with Gasteiger partial charge in [-0.25, -0.2) is 0 Å². The molecule has 2 aromatic rings. The van der Waals surface area contributed by atoms with Gasteiger partial charge in [0.15, 0.2) is 0 Å². The molecule has 5 heteroatoms. The molecule has 2 N–H and O–H groups in total. The second-order valence-corrected chi connectivity index (χ2v) is 4.63. The smallest absolute Gasteiger partial charge is 0.323 e. The predicted octanol–water partition coefficient (Wildman–Crippen LogP) is 1.56. The molecule has 0 unspecified atom stereocenters. The van der Waals surface area contributed by atoms with Gasteiger partial charge in [0.25, 0.3) is 0 Å². The highest BCUT2D eigenvalue weighted by Crippen LogP contribution is 2.22. The van der Waals surface area contributed by atoms with E-state index in [1.54, 1.807) is 0 Å². The van der Waals surface area contributed by atoms with Crippen molar-refractivity contribution < 1.29 is 14.7 Å². The van der Waals surface area contributed by atoms with Crippen molar-refractivity contribution in [2.24, 2.45) is 0 Å². The number of rotatable bonds is 4. The number of likely N-dealkylation sites (N-methyl/N-ethyl adjacent to an activating group) is 1. The summed E-state index contributed by atoms with van der Waals surface area (Å²) in [5.74, 6) is -1.21. The summed E-state index contributed by atoms with van der Waals surface area (Å²) in [4.78, 5) is 26.9. The minimum atomic E-state index is -1.01. The number of H-pyrrole nitrogens is 1. The van der Waals surface area contributed by atoms with Crippen molar-refractivity contribution in [2.45, 2.75) is 13.3 Å². The number of carbonyl (C=O) groups excluding carboxylic acids is 1. The number of aromatic nitrogens is 1. The van der Waals surface area contributed by atoms with Gasteiger partial charge in [-0.05, 0) is 24.1 Å². The SMILES string of the molecule is Cc1cccc2[nH]cc(CC(=O)N(C)CC(=O)O)c12. The molecule has 0 saturated carbocycles. The molecule has 100 valence electrons. The Kier molecular flexibility index (Phi) is 3.55. The largest absolute Gasteiger partial charge is 0.480 e. The Hall–Kier alpha value is -2.30. The highest BCUT2D eigenvalue weighted by Gasteiger charge is 2.15.